The Kier molecular flexibility index (Phi) is 8.00. The van der Waals surface area contributed by atoms with Crippen LogP contribution in [0.4, 0.5) is 4.79 Å². The first-order chi connectivity index (χ1) is 11.7. The lowest BCUT2D eigenvalue weighted by molar-refractivity contribution is -0.168. The van der Waals surface area contributed by atoms with E-state index in [-0.39, 0.29) is 18.2 Å². The van der Waals surface area contributed by atoms with Gasteiger partial charge in [-0.15, -0.1) is 0 Å². The minimum Gasteiger partial charge on any atom is -0.478 e. The van der Waals surface area contributed by atoms with Crippen LogP contribution in [0.2, 0.25) is 5.02 Å². The van der Waals surface area contributed by atoms with Crippen LogP contribution < -0.4 is 10.1 Å². The highest BCUT2D eigenvalue weighted by molar-refractivity contribution is 6.30. The van der Waals surface area contributed by atoms with Crippen molar-refractivity contribution >= 4 is 29.6 Å². The fraction of sp³-hybridized carbons (Fsp3) is 0.438. The van der Waals surface area contributed by atoms with Gasteiger partial charge in [0.15, 0.2) is 0 Å². The second-order valence-electron chi connectivity index (χ2n) is 5.35. The molecule has 0 aromatic heterocycles. The van der Waals surface area contributed by atoms with Gasteiger partial charge < -0.3 is 24.6 Å². The maximum Gasteiger partial charge on any atom is 0.410 e. The fourth-order valence-electron chi connectivity index (χ4n) is 1.58. The molecule has 1 rings (SSSR count). The zero-order valence-electron chi connectivity index (χ0n) is 14.0. The highest BCUT2D eigenvalue weighted by Gasteiger charge is 2.22. The average Bonchev–Trinajstić information content (AvgIpc) is 2.50. The van der Waals surface area contributed by atoms with Crippen molar-refractivity contribution in [2.75, 3.05) is 6.54 Å². The summed E-state index contributed by atoms with van der Waals surface area (Å²) in [4.78, 5) is 34.2. The molecule has 9 heteroatoms. The van der Waals surface area contributed by atoms with Gasteiger partial charge in [-0.1, -0.05) is 31.5 Å². The third-order valence-corrected chi connectivity index (χ3v) is 3.04. The van der Waals surface area contributed by atoms with Crippen molar-refractivity contribution in [1.82, 2.24) is 5.32 Å². The number of aliphatic carboxylic acids is 1. The topological polar surface area (TPSA) is 111 Å². The van der Waals surface area contributed by atoms with Crippen LogP contribution in [0.1, 0.15) is 20.8 Å². The minimum atomic E-state index is -1.35. The third-order valence-electron chi connectivity index (χ3n) is 2.81. The Hall–Kier alpha value is -2.48. The van der Waals surface area contributed by atoms with Crippen molar-refractivity contribution < 1.29 is 33.7 Å². The van der Waals surface area contributed by atoms with E-state index in [2.05, 4.69) is 5.32 Å². The van der Waals surface area contributed by atoms with Gasteiger partial charge in [-0.05, 0) is 18.2 Å². The zero-order valence-corrected chi connectivity index (χ0v) is 14.8. The fourth-order valence-corrected chi connectivity index (χ4v) is 1.76. The summed E-state index contributed by atoms with van der Waals surface area (Å²) in [7, 11) is 0. The summed E-state index contributed by atoms with van der Waals surface area (Å²) in [6.07, 6.45) is -3.39. The van der Waals surface area contributed by atoms with E-state index < -0.39 is 30.4 Å². The predicted molar refractivity (Wildman–Crippen MR) is 88.4 cm³/mol. The number of hydrogen-bond donors (Lipinski definition) is 2. The summed E-state index contributed by atoms with van der Waals surface area (Å²) < 4.78 is 14.9. The molecular weight excluding hydrogens is 354 g/mol. The summed E-state index contributed by atoms with van der Waals surface area (Å²) in [5.41, 5.74) is 0. The van der Waals surface area contributed by atoms with E-state index in [1.807, 2.05) is 0 Å². The number of carbonyl (C=O) groups excluding carboxylic acids is 2. The van der Waals surface area contributed by atoms with Gasteiger partial charge in [-0.3, -0.25) is 4.79 Å². The monoisotopic (exact) mass is 373 g/mol. The van der Waals surface area contributed by atoms with Gasteiger partial charge in [-0.25, -0.2) is 9.59 Å². The van der Waals surface area contributed by atoms with Crippen molar-refractivity contribution in [3.8, 4) is 5.75 Å². The molecule has 25 heavy (non-hydrogen) atoms. The summed E-state index contributed by atoms with van der Waals surface area (Å²) in [6.45, 7) is 4.29. The van der Waals surface area contributed by atoms with Crippen molar-refractivity contribution in [2.45, 2.75) is 33.2 Å². The third kappa shape index (κ3) is 7.75. The van der Waals surface area contributed by atoms with Gasteiger partial charge in [0.05, 0.1) is 12.5 Å². The standard InChI is InChI=1S/C16H20ClNO7/c1-9(2)15(21)23-10(3)24-16(22)18-8-13(14(19)20)25-12-6-4-5-11(17)7-12/h4-7,9-10,13H,8H2,1-3H3,(H,18,22)(H,19,20)/t10-,13+/m1/s1. The molecule has 0 unspecified atom stereocenters. The van der Waals surface area contributed by atoms with Gasteiger partial charge in [0, 0.05) is 11.9 Å². The number of alkyl carbamates (subject to hydrolysis) is 1. The summed E-state index contributed by atoms with van der Waals surface area (Å²) in [6, 6.07) is 6.19. The SMILES string of the molecule is CC(C)C(=O)O[C@@H](C)OC(=O)NC[C@H](Oc1cccc(Cl)c1)C(=O)O. The second-order valence-corrected chi connectivity index (χ2v) is 5.78. The molecule has 0 saturated carbocycles. The molecule has 0 aliphatic heterocycles. The van der Waals surface area contributed by atoms with E-state index in [1.165, 1.54) is 19.1 Å². The maximum absolute atomic E-state index is 11.6. The number of ether oxygens (including phenoxy) is 3. The van der Waals surface area contributed by atoms with Crippen LogP contribution in [-0.2, 0) is 19.1 Å². The number of carboxylic acid groups (broad SMARTS) is 1. The van der Waals surface area contributed by atoms with Gasteiger partial charge in [0.2, 0.25) is 12.4 Å². The van der Waals surface area contributed by atoms with Crippen LogP contribution in [0, 0.1) is 5.92 Å². The molecule has 0 aliphatic carbocycles. The van der Waals surface area contributed by atoms with Crippen LogP contribution in [0.5, 0.6) is 5.75 Å². The van der Waals surface area contributed by atoms with Crippen molar-refractivity contribution in [3.05, 3.63) is 29.3 Å². The minimum absolute atomic E-state index is 0.245. The number of halogens is 1. The maximum atomic E-state index is 11.6. The van der Waals surface area contributed by atoms with Crippen molar-refractivity contribution in [1.29, 1.82) is 0 Å². The first-order valence-corrected chi connectivity index (χ1v) is 7.86. The Bertz CT molecular complexity index is 620. The number of carboxylic acids is 1. The first-order valence-electron chi connectivity index (χ1n) is 7.49. The quantitative estimate of drug-likeness (QED) is 0.531. The molecule has 0 heterocycles. The molecule has 1 aromatic rings. The lowest BCUT2D eigenvalue weighted by Crippen LogP contribution is -2.41. The Labute approximate surface area is 150 Å². The average molecular weight is 374 g/mol. The van der Waals surface area contributed by atoms with Gasteiger partial charge in [0.1, 0.15) is 5.75 Å². The Morgan fingerprint density at radius 2 is 1.88 bits per heavy atom. The highest BCUT2D eigenvalue weighted by Crippen LogP contribution is 2.18. The van der Waals surface area contributed by atoms with E-state index in [9.17, 15) is 14.4 Å². The molecule has 0 radical (unpaired) electrons. The van der Waals surface area contributed by atoms with Gasteiger partial charge in [-0.2, -0.15) is 0 Å². The molecule has 1 amide bonds. The van der Waals surface area contributed by atoms with Crippen molar-refractivity contribution in [3.63, 3.8) is 0 Å². The molecule has 0 aliphatic rings. The van der Waals surface area contributed by atoms with Crippen molar-refractivity contribution in [2.24, 2.45) is 5.92 Å². The van der Waals surface area contributed by atoms with E-state index in [0.29, 0.717) is 5.02 Å². The summed E-state index contributed by atoms with van der Waals surface area (Å²) in [5, 5.41) is 11.8. The predicted octanol–water partition coefficient (Wildman–Crippen LogP) is 2.44. The number of nitrogens with one attached hydrogen (secondary N) is 1. The smallest absolute Gasteiger partial charge is 0.410 e. The van der Waals surface area contributed by atoms with Crippen LogP contribution in [0.3, 0.4) is 0 Å². The molecule has 1 aromatic carbocycles. The normalized spacial score (nSPS) is 12.8. The second kappa shape index (κ2) is 9.73. The number of hydrogen-bond acceptors (Lipinski definition) is 6. The molecule has 2 N–H and O–H groups in total. The summed E-state index contributed by atoms with van der Waals surface area (Å²) >= 11 is 5.80. The molecular formula is C16H20ClNO7. The van der Waals surface area contributed by atoms with Crippen LogP contribution in [0.25, 0.3) is 0 Å². The number of esters is 1. The molecule has 2 atom stereocenters. The van der Waals surface area contributed by atoms with Gasteiger partial charge in [0.25, 0.3) is 0 Å². The first kappa shape index (κ1) is 20.6. The number of rotatable bonds is 8. The lowest BCUT2D eigenvalue weighted by atomic mass is 10.2. The Morgan fingerprint density at radius 1 is 1.20 bits per heavy atom. The van der Waals surface area contributed by atoms with E-state index >= 15 is 0 Å². The number of benzene rings is 1. The van der Waals surface area contributed by atoms with E-state index in [0.717, 1.165) is 0 Å². The van der Waals surface area contributed by atoms with Crippen LogP contribution in [-0.4, -0.2) is 42.1 Å². The lowest BCUT2D eigenvalue weighted by Gasteiger charge is -2.18. The molecule has 0 saturated heterocycles. The zero-order chi connectivity index (χ0) is 19.0. The number of amides is 1. The molecule has 138 valence electrons. The molecule has 0 bridgehead atoms. The van der Waals surface area contributed by atoms with E-state index in [1.54, 1.807) is 26.0 Å². The Balaban J connectivity index is 2.50. The summed E-state index contributed by atoms with van der Waals surface area (Å²) in [5.74, 6) is -1.92. The number of carbonyl (C=O) groups is 3. The van der Waals surface area contributed by atoms with Crippen LogP contribution in [0.15, 0.2) is 24.3 Å². The molecule has 0 fully saturated rings. The van der Waals surface area contributed by atoms with Gasteiger partial charge >= 0.3 is 18.0 Å². The Morgan fingerprint density at radius 3 is 2.44 bits per heavy atom. The van der Waals surface area contributed by atoms with Crippen LogP contribution >= 0.6 is 11.6 Å². The highest BCUT2D eigenvalue weighted by atomic mass is 35.5. The largest absolute Gasteiger partial charge is 0.478 e. The molecule has 0 spiro atoms. The van der Waals surface area contributed by atoms with E-state index in [4.69, 9.17) is 30.9 Å². The molecule has 8 nitrogen and oxygen atoms in total.